The van der Waals surface area contributed by atoms with E-state index in [1.807, 2.05) is 31.1 Å². The quantitative estimate of drug-likeness (QED) is 0.234. The van der Waals surface area contributed by atoms with Crippen LogP contribution in [0.5, 0.6) is 5.75 Å². The molecule has 1 saturated carbocycles. The van der Waals surface area contributed by atoms with Crippen LogP contribution in [-0.2, 0) is 11.3 Å². The number of rotatable bonds is 9. The lowest BCUT2D eigenvalue weighted by atomic mass is 9.88. The molecular formula is C35H38N4O3. The summed E-state index contributed by atoms with van der Waals surface area (Å²) in [4.78, 5) is 35.1. The summed E-state index contributed by atoms with van der Waals surface area (Å²) >= 11 is 0. The summed E-state index contributed by atoms with van der Waals surface area (Å²) in [5.74, 6) is 0.394. The summed E-state index contributed by atoms with van der Waals surface area (Å²) < 4.78 is 5.22. The zero-order valence-corrected chi connectivity index (χ0v) is 24.5. The van der Waals surface area contributed by atoms with Crippen LogP contribution in [0.4, 0.5) is 17.1 Å². The normalized spacial score (nSPS) is 13.3. The number of hydrogen-bond donors (Lipinski definition) is 1. The van der Waals surface area contributed by atoms with Gasteiger partial charge in [-0.3, -0.25) is 14.6 Å². The van der Waals surface area contributed by atoms with Crippen molar-refractivity contribution in [2.75, 3.05) is 36.3 Å². The van der Waals surface area contributed by atoms with Crippen LogP contribution in [0, 0.1) is 5.92 Å². The summed E-state index contributed by atoms with van der Waals surface area (Å²) in [7, 11) is 5.62. The number of pyridine rings is 1. The molecule has 0 spiro atoms. The summed E-state index contributed by atoms with van der Waals surface area (Å²) in [5.41, 5.74) is 6.18. The number of nitrogens with one attached hydrogen (secondary N) is 1. The molecule has 0 saturated heterocycles. The van der Waals surface area contributed by atoms with Gasteiger partial charge in [0.15, 0.2) is 0 Å². The number of benzene rings is 3. The van der Waals surface area contributed by atoms with E-state index >= 15 is 0 Å². The first-order valence-electron chi connectivity index (χ1n) is 14.5. The van der Waals surface area contributed by atoms with Crippen molar-refractivity contribution in [2.45, 2.75) is 38.6 Å². The van der Waals surface area contributed by atoms with Gasteiger partial charge in [-0.05, 0) is 59.9 Å². The largest absolute Gasteiger partial charge is 0.495 e. The number of amides is 2. The fourth-order valence-corrected chi connectivity index (χ4v) is 5.42. The predicted molar refractivity (Wildman–Crippen MR) is 169 cm³/mol. The van der Waals surface area contributed by atoms with Crippen LogP contribution in [0.25, 0.3) is 11.1 Å². The molecule has 1 heterocycles. The van der Waals surface area contributed by atoms with Crippen molar-refractivity contribution >= 4 is 28.9 Å². The van der Waals surface area contributed by atoms with Gasteiger partial charge in [-0.25, -0.2) is 0 Å². The molecule has 1 aliphatic carbocycles. The standard InChI is InChI=1S/C35H38N4O3/c1-38(2)31-18-16-27(17-19-31)26-14-12-25(13-15-26)24-39(35(41)28-8-5-4-6-9-28)32-11-7-10-29(20-32)34(40)37-30-21-33(42-3)23-36-22-30/h7,10-23,28H,4-6,8-9,24H2,1-3H3,(H,37,40). The second-order valence-corrected chi connectivity index (χ2v) is 11.0. The molecule has 1 fully saturated rings. The van der Waals surface area contributed by atoms with Gasteiger partial charge in [-0.15, -0.1) is 0 Å². The Labute approximate surface area is 248 Å². The molecule has 3 aromatic carbocycles. The molecule has 0 unspecified atom stereocenters. The maximum Gasteiger partial charge on any atom is 0.255 e. The Morgan fingerprint density at radius 2 is 1.55 bits per heavy atom. The molecule has 4 aromatic rings. The number of ether oxygens (including phenoxy) is 1. The van der Waals surface area contributed by atoms with Crippen LogP contribution in [0.2, 0.25) is 0 Å². The van der Waals surface area contributed by atoms with E-state index in [1.165, 1.54) is 6.42 Å². The monoisotopic (exact) mass is 562 g/mol. The van der Waals surface area contributed by atoms with E-state index < -0.39 is 0 Å². The number of nitrogens with zero attached hydrogens (tertiary/aromatic N) is 3. The molecule has 1 N–H and O–H groups in total. The molecule has 5 rings (SSSR count). The van der Waals surface area contributed by atoms with Gasteiger partial charge in [0, 0.05) is 43.0 Å². The van der Waals surface area contributed by atoms with Crippen molar-refractivity contribution < 1.29 is 14.3 Å². The first kappa shape index (κ1) is 28.9. The highest BCUT2D eigenvalue weighted by Gasteiger charge is 2.27. The molecule has 0 aliphatic heterocycles. The Hall–Kier alpha value is -4.65. The highest BCUT2D eigenvalue weighted by molar-refractivity contribution is 6.05. The SMILES string of the molecule is COc1cncc(NC(=O)c2cccc(N(Cc3ccc(-c4ccc(N(C)C)cc4)cc3)C(=O)C3CCCCC3)c2)c1. The van der Waals surface area contributed by atoms with Gasteiger partial charge in [0.05, 0.1) is 31.7 Å². The molecule has 0 atom stereocenters. The Morgan fingerprint density at radius 1 is 0.857 bits per heavy atom. The molecule has 7 nitrogen and oxygen atoms in total. The number of anilines is 3. The summed E-state index contributed by atoms with van der Waals surface area (Å²) in [5, 5.41) is 2.89. The zero-order valence-electron chi connectivity index (χ0n) is 24.5. The van der Waals surface area contributed by atoms with Crippen LogP contribution in [-0.4, -0.2) is 38.0 Å². The second kappa shape index (κ2) is 13.3. The van der Waals surface area contributed by atoms with Gasteiger partial charge < -0.3 is 19.9 Å². The van der Waals surface area contributed by atoms with Crippen LogP contribution in [0.1, 0.15) is 48.0 Å². The van der Waals surface area contributed by atoms with E-state index in [0.29, 0.717) is 29.2 Å². The van der Waals surface area contributed by atoms with Gasteiger partial charge in [0.2, 0.25) is 5.91 Å². The van der Waals surface area contributed by atoms with Crippen molar-refractivity contribution in [3.05, 3.63) is 102 Å². The Balaban J connectivity index is 1.38. The molecule has 216 valence electrons. The van der Waals surface area contributed by atoms with E-state index in [0.717, 1.165) is 48.1 Å². The third kappa shape index (κ3) is 6.97. The third-order valence-corrected chi connectivity index (χ3v) is 7.86. The predicted octanol–water partition coefficient (Wildman–Crippen LogP) is 7.19. The van der Waals surface area contributed by atoms with Gasteiger partial charge in [-0.2, -0.15) is 0 Å². The van der Waals surface area contributed by atoms with Gasteiger partial charge in [-0.1, -0.05) is 61.7 Å². The fraction of sp³-hybridized carbons (Fsp3) is 0.286. The fourth-order valence-electron chi connectivity index (χ4n) is 5.42. The third-order valence-electron chi connectivity index (χ3n) is 7.86. The summed E-state index contributed by atoms with van der Waals surface area (Å²) in [6, 6.07) is 25.9. The molecule has 1 aliphatic rings. The van der Waals surface area contributed by atoms with Crippen LogP contribution >= 0.6 is 0 Å². The van der Waals surface area contributed by atoms with Gasteiger partial charge in [0.1, 0.15) is 5.75 Å². The molecule has 42 heavy (non-hydrogen) atoms. The minimum atomic E-state index is -0.276. The number of carbonyl (C=O) groups excluding carboxylic acids is 2. The summed E-state index contributed by atoms with van der Waals surface area (Å²) in [6.07, 6.45) is 8.28. The van der Waals surface area contributed by atoms with Gasteiger partial charge >= 0.3 is 0 Å². The average molecular weight is 563 g/mol. The Bertz CT molecular complexity index is 1510. The first-order chi connectivity index (χ1) is 20.4. The van der Waals surface area contributed by atoms with Crippen molar-refractivity contribution in [1.29, 1.82) is 0 Å². The maximum absolute atomic E-state index is 13.9. The molecule has 1 aromatic heterocycles. The van der Waals surface area contributed by atoms with E-state index in [1.54, 1.807) is 37.7 Å². The molecule has 7 heteroatoms. The van der Waals surface area contributed by atoms with Crippen molar-refractivity contribution in [1.82, 2.24) is 4.98 Å². The highest BCUT2D eigenvalue weighted by atomic mass is 16.5. The zero-order chi connectivity index (χ0) is 29.5. The highest BCUT2D eigenvalue weighted by Crippen LogP contribution is 2.30. The van der Waals surface area contributed by atoms with Crippen LogP contribution < -0.4 is 19.9 Å². The number of hydrogen-bond acceptors (Lipinski definition) is 5. The average Bonchev–Trinajstić information content (AvgIpc) is 3.04. The molecule has 0 bridgehead atoms. The topological polar surface area (TPSA) is 74.8 Å². The van der Waals surface area contributed by atoms with E-state index in [2.05, 4.69) is 63.7 Å². The number of aromatic nitrogens is 1. The van der Waals surface area contributed by atoms with Crippen LogP contribution in [0.3, 0.4) is 0 Å². The van der Waals surface area contributed by atoms with E-state index in [4.69, 9.17) is 4.74 Å². The van der Waals surface area contributed by atoms with Crippen molar-refractivity contribution in [3.8, 4) is 16.9 Å². The Morgan fingerprint density at radius 3 is 2.21 bits per heavy atom. The van der Waals surface area contributed by atoms with E-state index in [-0.39, 0.29) is 17.7 Å². The lowest BCUT2D eigenvalue weighted by Crippen LogP contribution is -2.36. The number of methoxy groups -OCH3 is 1. The summed E-state index contributed by atoms with van der Waals surface area (Å²) in [6.45, 7) is 0.431. The molecular weight excluding hydrogens is 524 g/mol. The second-order valence-electron chi connectivity index (χ2n) is 11.0. The lowest BCUT2D eigenvalue weighted by molar-refractivity contribution is -0.123. The lowest BCUT2D eigenvalue weighted by Gasteiger charge is -2.30. The number of carbonyl (C=O) groups is 2. The van der Waals surface area contributed by atoms with E-state index in [9.17, 15) is 9.59 Å². The van der Waals surface area contributed by atoms with Crippen molar-refractivity contribution in [2.24, 2.45) is 5.92 Å². The molecule has 2 amide bonds. The minimum absolute atomic E-state index is 0.00595. The van der Waals surface area contributed by atoms with Gasteiger partial charge in [0.25, 0.3) is 5.91 Å². The minimum Gasteiger partial charge on any atom is -0.495 e. The smallest absolute Gasteiger partial charge is 0.255 e. The van der Waals surface area contributed by atoms with Crippen molar-refractivity contribution in [3.63, 3.8) is 0 Å². The molecule has 0 radical (unpaired) electrons. The first-order valence-corrected chi connectivity index (χ1v) is 14.5. The Kier molecular flexibility index (Phi) is 9.17. The van der Waals surface area contributed by atoms with Crippen LogP contribution in [0.15, 0.2) is 91.3 Å². The maximum atomic E-state index is 13.9.